The minimum Gasteiger partial charge on any atom is -0.439 e. The van der Waals surface area contributed by atoms with Gasteiger partial charge in [-0.25, -0.2) is 0 Å². The van der Waals surface area contributed by atoms with Gasteiger partial charge in [0.05, 0.1) is 12.8 Å². The van der Waals surface area contributed by atoms with E-state index in [4.69, 9.17) is 4.55 Å². The van der Waals surface area contributed by atoms with Crippen LogP contribution in [0.25, 0.3) is 0 Å². The highest BCUT2D eigenvalue weighted by Crippen LogP contribution is 2.07. The average molecular weight is 342 g/mol. The van der Waals surface area contributed by atoms with Crippen LogP contribution >= 0.6 is 0 Å². The Morgan fingerprint density at radius 2 is 1.62 bits per heavy atom. The van der Waals surface area contributed by atoms with E-state index in [1.165, 1.54) is 0 Å². The summed E-state index contributed by atoms with van der Waals surface area (Å²) < 4.78 is 60.7. The summed E-state index contributed by atoms with van der Waals surface area (Å²) in [5.74, 6) is -2.95. The largest absolute Gasteiger partial charge is 0.439 e. The fourth-order valence-electron chi connectivity index (χ4n) is 0.985. The van der Waals surface area contributed by atoms with Gasteiger partial charge in [-0.05, 0) is 6.08 Å². The van der Waals surface area contributed by atoms with E-state index in [-0.39, 0.29) is 0 Å². The molecule has 0 saturated carbocycles. The maximum atomic E-state index is 11.2. The Labute approximate surface area is 122 Å². The molecule has 0 rings (SSSR count). The molecule has 21 heavy (non-hydrogen) atoms. The van der Waals surface area contributed by atoms with E-state index < -0.39 is 56.2 Å². The van der Waals surface area contributed by atoms with Crippen molar-refractivity contribution in [3.8, 4) is 0 Å². The molecule has 0 aliphatic heterocycles. The Morgan fingerprint density at radius 1 is 1.10 bits per heavy atom. The summed E-state index contributed by atoms with van der Waals surface area (Å²) in [6.45, 7) is 6.21. The Bertz CT molecular complexity index is 615. The molecule has 0 aliphatic carbocycles. The van der Waals surface area contributed by atoms with Crippen LogP contribution in [0.5, 0.6) is 0 Å². The summed E-state index contributed by atoms with van der Waals surface area (Å²) >= 11 is 0. The third kappa shape index (κ3) is 8.22. The zero-order chi connectivity index (χ0) is 16.7. The SMILES string of the molecule is C=CCS(=O)(=O)OC(=O)CCC(=O)OC(C=C)S(=O)(=O)O. The lowest BCUT2D eigenvalue weighted by Crippen LogP contribution is -2.25. The molecule has 0 aromatic carbocycles. The van der Waals surface area contributed by atoms with Crippen LogP contribution in [0.2, 0.25) is 0 Å². The summed E-state index contributed by atoms with van der Waals surface area (Å²) in [6, 6.07) is 0. The summed E-state index contributed by atoms with van der Waals surface area (Å²) in [4.78, 5) is 22.4. The van der Waals surface area contributed by atoms with Crippen LogP contribution in [0.1, 0.15) is 12.8 Å². The fourth-order valence-corrected chi connectivity index (χ4v) is 2.18. The molecule has 0 spiro atoms. The van der Waals surface area contributed by atoms with Gasteiger partial charge in [-0.2, -0.15) is 16.8 Å². The standard InChI is InChI=1S/C10H14O9S2/c1-3-7-20(13,14)19-9(12)6-5-8(11)18-10(4-2)21(15,16)17/h3-4,10H,1-2,5-7H2,(H,15,16,17). The van der Waals surface area contributed by atoms with Crippen molar-refractivity contribution in [1.82, 2.24) is 0 Å². The van der Waals surface area contributed by atoms with Crippen molar-refractivity contribution in [3.05, 3.63) is 25.3 Å². The molecule has 0 aromatic heterocycles. The van der Waals surface area contributed by atoms with Gasteiger partial charge < -0.3 is 8.92 Å². The first-order valence-corrected chi connectivity index (χ1v) is 8.44. The van der Waals surface area contributed by atoms with Gasteiger partial charge in [-0.3, -0.25) is 14.1 Å². The summed E-state index contributed by atoms with van der Waals surface area (Å²) in [5, 5.41) is 0. The van der Waals surface area contributed by atoms with Crippen LogP contribution in [0.15, 0.2) is 25.3 Å². The molecule has 0 amide bonds. The first kappa shape index (κ1) is 19.3. The van der Waals surface area contributed by atoms with Gasteiger partial charge in [0.2, 0.25) is 5.44 Å². The second-order valence-corrected chi connectivity index (χ2v) is 6.69. The number of hydrogen-bond acceptors (Lipinski definition) is 8. The maximum Gasteiger partial charge on any atom is 0.322 e. The molecular weight excluding hydrogens is 328 g/mol. The molecule has 0 heterocycles. The van der Waals surface area contributed by atoms with Crippen LogP contribution in [0.4, 0.5) is 0 Å². The van der Waals surface area contributed by atoms with E-state index in [0.29, 0.717) is 6.08 Å². The predicted molar refractivity (Wildman–Crippen MR) is 70.9 cm³/mol. The van der Waals surface area contributed by atoms with Crippen LogP contribution in [-0.4, -0.2) is 44.5 Å². The van der Waals surface area contributed by atoms with Gasteiger partial charge in [0.15, 0.2) is 0 Å². The van der Waals surface area contributed by atoms with E-state index in [9.17, 15) is 26.4 Å². The summed E-state index contributed by atoms with van der Waals surface area (Å²) in [7, 11) is -8.77. The quantitative estimate of drug-likeness (QED) is 0.260. The molecule has 0 aliphatic rings. The van der Waals surface area contributed by atoms with Crippen LogP contribution in [0, 0.1) is 0 Å². The second kappa shape index (κ2) is 7.90. The molecule has 1 N–H and O–H groups in total. The average Bonchev–Trinajstić information content (AvgIpc) is 2.31. The molecule has 1 unspecified atom stereocenters. The Morgan fingerprint density at radius 3 is 2.05 bits per heavy atom. The number of hydrogen-bond donors (Lipinski definition) is 1. The van der Waals surface area contributed by atoms with Crippen molar-refractivity contribution in [2.45, 2.75) is 18.3 Å². The molecule has 11 heteroatoms. The number of carbonyl (C=O) groups excluding carboxylic acids is 2. The van der Waals surface area contributed by atoms with Crippen molar-refractivity contribution >= 4 is 32.2 Å². The van der Waals surface area contributed by atoms with Gasteiger partial charge in [0.1, 0.15) is 5.75 Å². The van der Waals surface area contributed by atoms with Gasteiger partial charge in [-0.15, -0.1) is 6.58 Å². The lowest BCUT2D eigenvalue weighted by molar-refractivity contribution is -0.147. The Balaban J connectivity index is 4.41. The minimum atomic E-state index is -4.67. The monoisotopic (exact) mass is 342 g/mol. The van der Waals surface area contributed by atoms with E-state index in [0.717, 1.165) is 6.08 Å². The van der Waals surface area contributed by atoms with Gasteiger partial charge in [0.25, 0.3) is 0 Å². The summed E-state index contributed by atoms with van der Waals surface area (Å²) in [6.07, 6.45) is 0.393. The predicted octanol–water partition coefficient (Wildman–Crippen LogP) is -0.231. The van der Waals surface area contributed by atoms with Crippen molar-refractivity contribution in [3.63, 3.8) is 0 Å². The third-order valence-corrected chi connectivity index (χ3v) is 3.77. The van der Waals surface area contributed by atoms with Gasteiger partial charge >= 0.3 is 32.2 Å². The number of rotatable bonds is 9. The highest BCUT2D eigenvalue weighted by molar-refractivity contribution is 7.87. The lowest BCUT2D eigenvalue weighted by Gasteiger charge is -2.10. The Kier molecular flexibility index (Phi) is 7.26. The molecular formula is C10H14O9S2. The first-order chi connectivity index (χ1) is 9.51. The lowest BCUT2D eigenvalue weighted by atomic mass is 10.3. The normalized spacial score (nSPS) is 13.0. The Hall–Kier alpha value is -1.72. The number of carbonyl (C=O) groups is 2. The molecule has 0 saturated heterocycles. The molecule has 0 bridgehead atoms. The fraction of sp³-hybridized carbons (Fsp3) is 0.400. The van der Waals surface area contributed by atoms with Crippen LogP contribution < -0.4 is 0 Å². The smallest absolute Gasteiger partial charge is 0.322 e. The zero-order valence-corrected chi connectivity index (χ0v) is 12.4. The van der Waals surface area contributed by atoms with Gasteiger partial charge in [0, 0.05) is 0 Å². The topological polar surface area (TPSA) is 141 Å². The first-order valence-electron chi connectivity index (χ1n) is 5.36. The molecule has 9 nitrogen and oxygen atoms in total. The van der Waals surface area contributed by atoms with E-state index in [1.54, 1.807) is 0 Å². The van der Waals surface area contributed by atoms with Crippen LogP contribution in [-0.2, 0) is 38.7 Å². The third-order valence-electron chi connectivity index (χ3n) is 1.81. The van der Waals surface area contributed by atoms with E-state index >= 15 is 0 Å². The molecule has 120 valence electrons. The van der Waals surface area contributed by atoms with E-state index in [1.807, 2.05) is 0 Å². The van der Waals surface area contributed by atoms with E-state index in [2.05, 4.69) is 22.1 Å². The minimum absolute atomic E-state index is 0.579. The molecule has 1 atom stereocenters. The summed E-state index contributed by atoms with van der Waals surface area (Å²) in [5.41, 5.74) is -1.97. The van der Waals surface area contributed by atoms with Crippen molar-refractivity contribution in [2.75, 3.05) is 5.75 Å². The van der Waals surface area contributed by atoms with Crippen LogP contribution in [0.3, 0.4) is 0 Å². The molecule has 0 radical (unpaired) electrons. The van der Waals surface area contributed by atoms with Gasteiger partial charge in [-0.1, -0.05) is 12.7 Å². The van der Waals surface area contributed by atoms with Crippen molar-refractivity contribution < 1.29 is 39.9 Å². The van der Waals surface area contributed by atoms with Crippen molar-refractivity contribution in [2.24, 2.45) is 0 Å². The van der Waals surface area contributed by atoms with Crippen molar-refractivity contribution in [1.29, 1.82) is 0 Å². The second-order valence-electron chi connectivity index (χ2n) is 3.58. The molecule has 0 fully saturated rings. The zero-order valence-electron chi connectivity index (χ0n) is 10.8. The highest BCUT2D eigenvalue weighted by Gasteiger charge is 2.24. The number of ether oxygens (including phenoxy) is 1. The molecule has 0 aromatic rings. The number of esters is 1. The highest BCUT2D eigenvalue weighted by atomic mass is 32.2. The maximum absolute atomic E-state index is 11.2.